The second-order valence-electron chi connectivity index (χ2n) is 3.25. The van der Waals surface area contributed by atoms with Gasteiger partial charge >= 0.3 is 27.3 Å². The van der Waals surface area contributed by atoms with Crippen LogP contribution in [0, 0.1) is 0 Å². The van der Waals surface area contributed by atoms with Crippen LogP contribution in [0.5, 0.6) is 0 Å². The Balaban J connectivity index is 0.00000256. The fourth-order valence-electron chi connectivity index (χ4n) is 1.28. The number of aliphatic hydroxyl groups is 4. The van der Waals surface area contributed by atoms with E-state index in [1.165, 1.54) is 0 Å². The van der Waals surface area contributed by atoms with Gasteiger partial charge in [0.2, 0.25) is 0 Å². The van der Waals surface area contributed by atoms with Gasteiger partial charge < -0.3 is 44.0 Å². The summed E-state index contributed by atoms with van der Waals surface area (Å²) >= 11 is 0. The standard InChI is InChI=1S/C6H13O9P.Pb/c7-1-2-3(8)4(9)5(10)6(14-2)15-16(11,12)13;/h2-10H,1H2,(H2,11,12,13);/q;+2/p-2. The van der Waals surface area contributed by atoms with Gasteiger partial charge in [0.15, 0.2) is 6.29 Å². The van der Waals surface area contributed by atoms with Crippen LogP contribution in [0.4, 0.5) is 0 Å². The Hall–Kier alpha value is 0.832. The van der Waals surface area contributed by atoms with Gasteiger partial charge in [-0.1, -0.05) is 0 Å². The molecule has 17 heavy (non-hydrogen) atoms. The maximum absolute atomic E-state index is 10.3. The molecule has 0 aromatic carbocycles. The van der Waals surface area contributed by atoms with Crippen LogP contribution in [0.3, 0.4) is 0 Å². The fraction of sp³-hybridized carbons (Fsp3) is 1.00. The van der Waals surface area contributed by atoms with Crippen LogP contribution in [0.1, 0.15) is 0 Å². The topological polar surface area (TPSA) is 163 Å². The first-order valence-corrected chi connectivity index (χ1v) is 5.73. The quantitative estimate of drug-likeness (QED) is 0.237. The molecule has 0 bridgehead atoms. The number of hydrogen-bond donors (Lipinski definition) is 4. The van der Waals surface area contributed by atoms with E-state index >= 15 is 0 Å². The molecule has 0 aromatic heterocycles. The molecule has 0 amide bonds. The third kappa shape index (κ3) is 4.78. The van der Waals surface area contributed by atoms with Crippen molar-refractivity contribution in [1.29, 1.82) is 0 Å². The average Bonchev–Trinajstić information content (AvgIpc) is 2.17. The third-order valence-electron chi connectivity index (χ3n) is 2.08. The molecule has 9 nitrogen and oxygen atoms in total. The molecule has 1 rings (SSSR count). The molecular formula is C6H11O9PPb. The number of phosphoric ester groups is 1. The number of hydrogen-bond acceptors (Lipinski definition) is 9. The smallest absolute Gasteiger partial charge is 0.790 e. The van der Waals surface area contributed by atoms with Gasteiger partial charge in [-0.3, -0.25) is 0 Å². The summed E-state index contributed by atoms with van der Waals surface area (Å²) in [5.74, 6) is 0. The summed E-state index contributed by atoms with van der Waals surface area (Å²) in [6.45, 7) is -0.743. The van der Waals surface area contributed by atoms with Crippen LogP contribution in [0.25, 0.3) is 0 Å². The molecule has 5 atom stereocenters. The van der Waals surface area contributed by atoms with E-state index in [0.29, 0.717) is 0 Å². The largest absolute Gasteiger partial charge is 2.00 e. The van der Waals surface area contributed by atoms with Crippen molar-refractivity contribution in [3.63, 3.8) is 0 Å². The van der Waals surface area contributed by atoms with Crippen molar-refractivity contribution in [1.82, 2.24) is 0 Å². The Kier molecular flexibility index (Phi) is 7.18. The van der Waals surface area contributed by atoms with Crippen molar-refractivity contribution in [2.75, 3.05) is 6.61 Å². The van der Waals surface area contributed by atoms with E-state index < -0.39 is 45.1 Å². The first-order chi connectivity index (χ1) is 7.26. The summed E-state index contributed by atoms with van der Waals surface area (Å²) in [7, 11) is -5.41. The third-order valence-corrected chi connectivity index (χ3v) is 2.55. The zero-order valence-corrected chi connectivity index (χ0v) is 13.2. The van der Waals surface area contributed by atoms with Gasteiger partial charge in [0.05, 0.1) is 14.4 Å². The second-order valence-corrected chi connectivity index (χ2v) is 4.36. The Morgan fingerprint density at radius 1 is 1.18 bits per heavy atom. The van der Waals surface area contributed by atoms with Crippen molar-refractivity contribution in [3.8, 4) is 0 Å². The van der Waals surface area contributed by atoms with E-state index in [1.54, 1.807) is 0 Å². The summed E-state index contributed by atoms with van der Waals surface area (Å²) in [5.41, 5.74) is 0. The molecular weight excluding hydrogens is 454 g/mol. The maximum atomic E-state index is 10.3. The van der Waals surface area contributed by atoms with Gasteiger partial charge in [0.25, 0.3) is 0 Å². The Morgan fingerprint density at radius 3 is 2.12 bits per heavy atom. The summed E-state index contributed by atoms with van der Waals surface area (Å²) in [4.78, 5) is 20.6. The molecule has 1 fully saturated rings. The minimum absolute atomic E-state index is 0. The maximum Gasteiger partial charge on any atom is 2.00 e. The molecule has 1 saturated heterocycles. The molecule has 0 aromatic rings. The molecule has 2 radical (unpaired) electrons. The second kappa shape index (κ2) is 6.84. The van der Waals surface area contributed by atoms with E-state index in [9.17, 15) is 29.7 Å². The molecule has 1 aliphatic heterocycles. The zero-order valence-electron chi connectivity index (χ0n) is 8.37. The minimum Gasteiger partial charge on any atom is -0.790 e. The van der Waals surface area contributed by atoms with E-state index in [1.807, 2.05) is 0 Å². The molecule has 0 saturated carbocycles. The van der Waals surface area contributed by atoms with Crippen molar-refractivity contribution in [3.05, 3.63) is 0 Å². The normalized spacial score (nSPS) is 38.6. The van der Waals surface area contributed by atoms with Gasteiger partial charge in [0.1, 0.15) is 24.4 Å². The molecule has 0 aliphatic carbocycles. The van der Waals surface area contributed by atoms with Gasteiger partial charge in [0, 0.05) is 0 Å². The van der Waals surface area contributed by atoms with Crippen LogP contribution < -0.4 is 9.79 Å². The monoisotopic (exact) mass is 466 g/mol. The number of phosphoric acid groups is 1. The first-order valence-electron chi connectivity index (χ1n) is 4.27. The minimum atomic E-state index is -5.41. The fourth-order valence-corrected chi connectivity index (χ4v) is 1.71. The van der Waals surface area contributed by atoms with Crippen molar-refractivity contribution >= 4 is 35.1 Å². The van der Waals surface area contributed by atoms with Crippen LogP contribution in [0.2, 0.25) is 0 Å². The predicted molar refractivity (Wildman–Crippen MR) is 48.2 cm³/mol. The summed E-state index contributed by atoms with van der Waals surface area (Å²) < 4.78 is 18.7. The van der Waals surface area contributed by atoms with Crippen molar-refractivity contribution < 1.29 is 44.0 Å². The zero-order chi connectivity index (χ0) is 12.5. The van der Waals surface area contributed by atoms with Crippen molar-refractivity contribution in [2.24, 2.45) is 0 Å². The summed E-state index contributed by atoms with van der Waals surface area (Å²) in [6.07, 6.45) is -8.61. The number of aliphatic hydroxyl groups excluding tert-OH is 4. The summed E-state index contributed by atoms with van der Waals surface area (Å²) in [5, 5.41) is 36.5. The van der Waals surface area contributed by atoms with Gasteiger partial charge in [-0.15, -0.1) is 0 Å². The van der Waals surface area contributed by atoms with Crippen LogP contribution in [-0.2, 0) is 13.8 Å². The van der Waals surface area contributed by atoms with Gasteiger partial charge in [-0.25, -0.2) is 0 Å². The Labute approximate surface area is 116 Å². The molecule has 1 aliphatic rings. The Morgan fingerprint density at radius 2 is 1.71 bits per heavy atom. The van der Waals surface area contributed by atoms with Crippen LogP contribution in [0.15, 0.2) is 0 Å². The molecule has 1 heterocycles. The average molecular weight is 465 g/mol. The molecule has 5 unspecified atom stereocenters. The molecule has 11 heteroatoms. The first kappa shape index (κ1) is 17.8. The van der Waals surface area contributed by atoms with Gasteiger partial charge in [-0.05, 0) is 0 Å². The van der Waals surface area contributed by atoms with Crippen LogP contribution >= 0.6 is 7.82 Å². The van der Waals surface area contributed by atoms with Gasteiger partial charge in [-0.2, -0.15) is 0 Å². The van der Waals surface area contributed by atoms with E-state index in [0.717, 1.165) is 0 Å². The molecule has 0 spiro atoms. The Bertz CT molecular complexity index is 281. The predicted octanol–water partition coefficient (Wildman–Crippen LogP) is -4.75. The van der Waals surface area contributed by atoms with Crippen LogP contribution in [-0.4, -0.2) is 85.0 Å². The van der Waals surface area contributed by atoms with E-state index in [2.05, 4.69) is 9.26 Å². The molecule has 4 N–H and O–H groups in total. The van der Waals surface area contributed by atoms with E-state index in [4.69, 9.17) is 5.11 Å². The molecule has 98 valence electrons. The number of rotatable bonds is 3. The SMILES string of the molecule is O=P([O-])([O-])OC1OC(CO)C(O)C(O)C1O.[Pb+2]. The van der Waals surface area contributed by atoms with Crippen molar-refractivity contribution in [2.45, 2.75) is 30.7 Å². The summed E-state index contributed by atoms with van der Waals surface area (Å²) in [6, 6.07) is 0. The van der Waals surface area contributed by atoms with E-state index in [-0.39, 0.29) is 27.3 Å². The number of ether oxygens (including phenoxy) is 1.